The Morgan fingerprint density at radius 1 is 0.500 bits per heavy atom. The van der Waals surface area contributed by atoms with Crippen LogP contribution in [0.15, 0.2) is 72.8 Å². The van der Waals surface area contributed by atoms with Gasteiger partial charge in [-0.15, -0.1) is 0 Å². The molecule has 0 saturated heterocycles. The Morgan fingerprint density at radius 3 is 1.27 bits per heavy atom. The van der Waals surface area contributed by atoms with Gasteiger partial charge in [-0.2, -0.15) is 0 Å². The van der Waals surface area contributed by atoms with Crippen molar-refractivity contribution in [2.75, 3.05) is 0 Å². The molecule has 2 N–H and O–H groups in total. The summed E-state index contributed by atoms with van der Waals surface area (Å²) in [5.74, 6) is -0.433. The molecule has 0 radical (unpaired) electrons. The fraction of sp³-hybridized carbons (Fsp3) is 0.182. The van der Waals surface area contributed by atoms with Gasteiger partial charge >= 0.3 is 0 Å². The lowest BCUT2D eigenvalue weighted by Crippen LogP contribution is -2.17. The molecular formula is C22H22F2N2. The molecule has 0 fully saturated rings. The van der Waals surface area contributed by atoms with E-state index in [2.05, 4.69) is 22.8 Å². The third-order valence-electron chi connectivity index (χ3n) is 4.23. The Labute approximate surface area is 152 Å². The first-order valence-corrected chi connectivity index (χ1v) is 8.68. The van der Waals surface area contributed by atoms with Crippen LogP contribution in [-0.2, 0) is 26.2 Å². The van der Waals surface area contributed by atoms with Gasteiger partial charge < -0.3 is 10.6 Å². The van der Waals surface area contributed by atoms with E-state index in [4.69, 9.17) is 0 Å². The Balaban J connectivity index is 1.50. The average Bonchev–Trinajstić information content (AvgIpc) is 2.66. The summed E-state index contributed by atoms with van der Waals surface area (Å²) in [6.45, 7) is 2.87. The summed E-state index contributed by atoms with van der Waals surface area (Å²) in [6, 6.07) is 21.3. The van der Waals surface area contributed by atoms with Gasteiger partial charge in [-0.05, 0) is 46.5 Å². The molecule has 0 aromatic heterocycles. The minimum absolute atomic E-state index is 0.216. The van der Waals surface area contributed by atoms with E-state index in [-0.39, 0.29) is 11.6 Å². The van der Waals surface area contributed by atoms with Gasteiger partial charge in [0.05, 0.1) is 0 Å². The summed E-state index contributed by atoms with van der Waals surface area (Å²) in [7, 11) is 0. The molecule has 26 heavy (non-hydrogen) atoms. The highest BCUT2D eigenvalue weighted by atomic mass is 19.1. The third-order valence-corrected chi connectivity index (χ3v) is 4.23. The van der Waals surface area contributed by atoms with Crippen molar-refractivity contribution in [2.45, 2.75) is 26.2 Å². The minimum Gasteiger partial charge on any atom is -0.309 e. The van der Waals surface area contributed by atoms with Gasteiger partial charge in [-0.1, -0.05) is 48.5 Å². The van der Waals surface area contributed by atoms with Crippen molar-refractivity contribution in [1.29, 1.82) is 0 Å². The lowest BCUT2D eigenvalue weighted by Gasteiger charge is -2.12. The SMILES string of the molecule is Fc1ccc(CNCc2ccccc2CNCc2ccc(F)cc2)cc1. The molecule has 0 saturated carbocycles. The lowest BCUT2D eigenvalue weighted by atomic mass is 10.1. The number of benzene rings is 3. The molecule has 0 heterocycles. The summed E-state index contributed by atoms with van der Waals surface area (Å²) in [6.07, 6.45) is 0. The largest absolute Gasteiger partial charge is 0.309 e. The third kappa shape index (κ3) is 5.48. The Hall–Kier alpha value is -2.56. The zero-order valence-electron chi connectivity index (χ0n) is 14.5. The Morgan fingerprint density at radius 2 is 0.885 bits per heavy atom. The van der Waals surface area contributed by atoms with Crippen molar-refractivity contribution >= 4 is 0 Å². The molecule has 0 spiro atoms. The zero-order valence-corrected chi connectivity index (χ0v) is 14.5. The van der Waals surface area contributed by atoms with E-state index in [1.165, 1.54) is 35.4 Å². The van der Waals surface area contributed by atoms with Crippen LogP contribution in [-0.4, -0.2) is 0 Å². The quantitative estimate of drug-likeness (QED) is 0.622. The van der Waals surface area contributed by atoms with Gasteiger partial charge in [0, 0.05) is 26.2 Å². The first-order chi connectivity index (χ1) is 12.7. The predicted molar refractivity (Wildman–Crippen MR) is 100 cm³/mol. The number of hydrogen-bond donors (Lipinski definition) is 2. The van der Waals surface area contributed by atoms with Crippen LogP contribution in [0.4, 0.5) is 8.78 Å². The maximum absolute atomic E-state index is 12.9. The molecule has 0 aliphatic rings. The second-order valence-corrected chi connectivity index (χ2v) is 6.23. The Bertz CT molecular complexity index is 744. The van der Waals surface area contributed by atoms with Crippen LogP contribution in [0.3, 0.4) is 0 Å². The van der Waals surface area contributed by atoms with E-state index in [0.29, 0.717) is 13.1 Å². The molecular weight excluding hydrogens is 330 g/mol. The van der Waals surface area contributed by atoms with E-state index in [1.54, 1.807) is 24.3 Å². The van der Waals surface area contributed by atoms with Crippen LogP contribution < -0.4 is 10.6 Å². The normalized spacial score (nSPS) is 10.8. The van der Waals surface area contributed by atoms with Crippen molar-refractivity contribution in [3.05, 3.63) is 107 Å². The standard InChI is InChI=1S/C22H22F2N2/c23-21-9-5-17(6-10-21)13-25-15-19-3-1-2-4-20(19)16-26-14-18-7-11-22(24)12-8-18/h1-12,25-26H,13-16H2. The predicted octanol–water partition coefficient (Wildman–Crippen LogP) is 4.54. The summed E-state index contributed by atoms with van der Waals surface area (Å²) in [4.78, 5) is 0. The monoisotopic (exact) mass is 352 g/mol. The molecule has 3 aromatic carbocycles. The van der Waals surface area contributed by atoms with Crippen molar-refractivity contribution in [3.63, 3.8) is 0 Å². The van der Waals surface area contributed by atoms with Crippen LogP contribution in [0, 0.1) is 11.6 Å². The number of halogens is 2. The molecule has 0 aliphatic carbocycles. The van der Waals surface area contributed by atoms with Gasteiger partial charge in [0.1, 0.15) is 11.6 Å². The van der Waals surface area contributed by atoms with Crippen molar-refractivity contribution in [1.82, 2.24) is 10.6 Å². The summed E-state index contributed by atoms with van der Waals surface area (Å²) < 4.78 is 25.9. The zero-order chi connectivity index (χ0) is 18.2. The van der Waals surface area contributed by atoms with Crippen LogP contribution in [0.1, 0.15) is 22.3 Å². The molecule has 2 nitrogen and oxygen atoms in total. The summed E-state index contributed by atoms with van der Waals surface area (Å²) in [5, 5.41) is 6.80. The fourth-order valence-electron chi connectivity index (χ4n) is 2.79. The van der Waals surface area contributed by atoms with Crippen molar-refractivity contribution < 1.29 is 8.78 Å². The highest BCUT2D eigenvalue weighted by molar-refractivity contribution is 5.27. The topological polar surface area (TPSA) is 24.1 Å². The van der Waals surface area contributed by atoms with Gasteiger partial charge in [0.15, 0.2) is 0 Å². The van der Waals surface area contributed by atoms with E-state index in [9.17, 15) is 8.78 Å². The molecule has 0 atom stereocenters. The van der Waals surface area contributed by atoms with Gasteiger partial charge in [0.2, 0.25) is 0 Å². The molecule has 3 rings (SSSR count). The smallest absolute Gasteiger partial charge is 0.123 e. The first kappa shape index (κ1) is 18.2. The number of hydrogen-bond acceptors (Lipinski definition) is 2. The number of nitrogens with one attached hydrogen (secondary N) is 2. The molecule has 3 aromatic rings. The van der Waals surface area contributed by atoms with Gasteiger partial charge in [0.25, 0.3) is 0 Å². The van der Waals surface area contributed by atoms with E-state index in [0.717, 1.165) is 24.2 Å². The second kappa shape index (κ2) is 9.22. The fourth-order valence-corrected chi connectivity index (χ4v) is 2.79. The van der Waals surface area contributed by atoms with Crippen molar-refractivity contribution in [2.24, 2.45) is 0 Å². The van der Waals surface area contributed by atoms with E-state index in [1.807, 2.05) is 12.1 Å². The average molecular weight is 352 g/mol. The second-order valence-electron chi connectivity index (χ2n) is 6.23. The van der Waals surface area contributed by atoms with Crippen LogP contribution in [0.25, 0.3) is 0 Å². The highest BCUT2D eigenvalue weighted by Crippen LogP contribution is 2.10. The molecule has 134 valence electrons. The minimum atomic E-state index is -0.216. The number of rotatable bonds is 8. The summed E-state index contributed by atoms with van der Waals surface area (Å²) in [5.41, 5.74) is 4.55. The molecule has 0 unspecified atom stereocenters. The van der Waals surface area contributed by atoms with Crippen LogP contribution in [0.2, 0.25) is 0 Å². The van der Waals surface area contributed by atoms with Crippen molar-refractivity contribution in [3.8, 4) is 0 Å². The molecule has 0 amide bonds. The lowest BCUT2D eigenvalue weighted by molar-refractivity contribution is 0.622. The van der Waals surface area contributed by atoms with E-state index >= 15 is 0 Å². The maximum atomic E-state index is 12.9. The summed E-state index contributed by atoms with van der Waals surface area (Å²) >= 11 is 0. The van der Waals surface area contributed by atoms with Crippen LogP contribution in [0.5, 0.6) is 0 Å². The van der Waals surface area contributed by atoms with Crippen LogP contribution >= 0.6 is 0 Å². The maximum Gasteiger partial charge on any atom is 0.123 e. The molecule has 0 bridgehead atoms. The highest BCUT2D eigenvalue weighted by Gasteiger charge is 2.02. The van der Waals surface area contributed by atoms with E-state index < -0.39 is 0 Å². The van der Waals surface area contributed by atoms with Gasteiger partial charge in [-0.25, -0.2) is 8.78 Å². The molecule has 0 aliphatic heterocycles. The van der Waals surface area contributed by atoms with Gasteiger partial charge in [-0.3, -0.25) is 0 Å². The Kier molecular flexibility index (Phi) is 6.47. The molecule has 4 heteroatoms. The first-order valence-electron chi connectivity index (χ1n) is 8.68.